The van der Waals surface area contributed by atoms with Gasteiger partial charge in [0.25, 0.3) is 0 Å². The zero-order valence-corrected chi connectivity index (χ0v) is 9.72. The van der Waals surface area contributed by atoms with Crippen LogP contribution in [-0.2, 0) is 0 Å². The lowest BCUT2D eigenvalue weighted by Gasteiger charge is -2.14. The van der Waals surface area contributed by atoms with E-state index in [4.69, 9.17) is 17.3 Å². The molecule has 0 aliphatic rings. The van der Waals surface area contributed by atoms with Crippen LogP contribution < -0.4 is 5.73 Å². The second kappa shape index (κ2) is 4.65. The number of rotatable bonds is 2. The van der Waals surface area contributed by atoms with Gasteiger partial charge in [0, 0.05) is 10.6 Å². The van der Waals surface area contributed by atoms with Crippen molar-refractivity contribution >= 4 is 17.3 Å². The minimum absolute atomic E-state index is 0.0384. The van der Waals surface area contributed by atoms with Crippen LogP contribution in [0, 0.1) is 0 Å². The molecule has 0 aromatic heterocycles. The van der Waals surface area contributed by atoms with Gasteiger partial charge in [-0.1, -0.05) is 35.9 Å². The molecule has 17 heavy (non-hydrogen) atoms. The largest absolute Gasteiger partial charge is 0.506 e. The van der Waals surface area contributed by atoms with Gasteiger partial charge in [-0.2, -0.15) is 0 Å². The van der Waals surface area contributed by atoms with Gasteiger partial charge >= 0.3 is 0 Å². The molecule has 4 heteroatoms. The summed E-state index contributed by atoms with van der Waals surface area (Å²) in [5, 5.41) is 20.2. The lowest BCUT2D eigenvalue weighted by Crippen LogP contribution is -2.03. The lowest BCUT2D eigenvalue weighted by atomic mass is 10.00. The third-order valence-corrected chi connectivity index (χ3v) is 2.81. The third kappa shape index (κ3) is 2.35. The molecule has 0 radical (unpaired) electrons. The molecule has 0 saturated carbocycles. The monoisotopic (exact) mass is 249 g/mol. The van der Waals surface area contributed by atoms with Crippen molar-refractivity contribution < 1.29 is 10.2 Å². The van der Waals surface area contributed by atoms with Gasteiger partial charge in [0.05, 0.1) is 5.69 Å². The smallest absolute Gasteiger partial charge is 0.138 e. The van der Waals surface area contributed by atoms with Crippen LogP contribution in [-0.4, -0.2) is 10.2 Å². The molecule has 0 heterocycles. The van der Waals surface area contributed by atoms with E-state index in [0.717, 1.165) is 0 Å². The van der Waals surface area contributed by atoms with Gasteiger partial charge < -0.3 is 15.9 Å². The number of nitrogen functional groups attached to an aromatic ring is 1. The average molecular weight is 250 g/mol. The molecule has 0 bridgehead atoms. The average Bonchev–Trinajstić information content (AvgIpc) is 2.32. The van der Waals surface area contributed by atoms with E-state index in [-0.39, 0.29) is 11.4 Å². The number of phenolic OH excluding ortho intramolecular Hbond substituents is 1. The van der Waals surface area contributed by atoms with Crippen molar-refractivity contribution in [2.45, 2.75) is 6.10 Å². The fraction of sp³-hybridized carbons (Fsp3) is 0.0769. The number of phenols is 1. The number of halogens is 1. The number of hydrogen-bond acceptors (Lipinski definition) is 3. The summed E-state index contributed by atoms with van der Waals surface area (Å²) in [5.41, 5.74) is 7.00. The fourth-order valence-electron chi connectivity index (χ4n) is 1.67. The van der Waals surface area contributed by atoms with Crippen LogP contribution >= 0.6 is 11.6 Å². The van der Waals surface area contributed by atoms with Crippen molar-refractivity contribution in [3.8, 4) is 5.75 Å². The molecule has 0 amide bonds. The van der Waals surface area contributed by atoms with Crippen molar-refractivity contribution in [1.82, 2.24) is 0 Å². The highest BCUT2D eigenvalue weighted by Crippen LogP contribution is 2.32. The number of aliphatic hydroxyl groups is 1. The number of aromatic hydroxyl groups is 1. The first-order valence-corrected chi connectivity index (χ1v) is 5.48. The first-order valence-electron chi connectivity index (χ1n) is 5.10. The van der Waals surface area contributed by atoms with E-state index >= 15 is 0 Å². The van der Waals surface area contributed by atoms with Gasteiger partial charge in [-0.05, 0) is 23.8 Å². The third-order valence-electron chi connectivity index (χ3n) is 2.58. The Morgan fingerprint density at radius 3 is 2.53 bits per heavy atom. The summed E-state index contributed by atoms with van der Waals surface area (Å²) in [7, 11) is 0. The second-order valence-corrected chi connectivity index (χ2v) is 4.17. The molecule has 0 aliphatic heterocycles. The molecule has 4 N–H and O–H groups in total. The van der Waals surface area contributed by atoms with Gasteiger partial charge in [0.2, 0.25) is 0 Å². The van der Waals surface area contributed by atoms with Crippen molar-refractivity contribution in [2.75, 3.05) is 5.73 Å². The highest BCUT2D eigenvalue weighted by Gasteiger charge is 2.15. The van der Waals surface area contributed by atoms with Crippen LogP contribution in [0.1, 0.15) is 17.2 Å². The Morgan fingerprint density at radius 2 is 1.82 bits per heavy atom. The van der Waals surface area contributed by atoms with E-state index in [0.29, 0.717) is 16.1 Å². The SMILES string of the molecule is Nc1c(O)cccc1C(O)c1cccc(Cl)c1. The number of nitrogens with two attached hydrogens (primary N) is 1. The lowest BCUT2D eigenvalue weighted by molar-refractivity contribution is 0.220. The highest BCUT2D eigenvalue weighted by atomic mass is 35.5. The molecule has 2 rings (SSSR count). The van der Waals surface area contributed by atoms with Gasteiger partial charge in [-0.3, -0.25) is 0 Å². The van der Waals surface area contributed by atoms with E-state index in [2.05, 4.69) is 0 Å². The predicted octanol–water partition coefficient (Wildman–Crippen LogP) is 2.71. The molecule has 0 saturated heterocycles. The molecule has 0 aliphatic carbocycles. The molecule has 1 atom stereocenters. The fourth-order valence-corrected chi connectivity index (χ4v) is 1.86. The van der Waals surface area contributed by atoms with Crippen LogP contribution in [0.5, 0.6) is 5.75 Å². The summed E-state index contributed by atoms with van der Waals surface area (Å²) in [4.78, 5) is 0. The van der Waals surface area contributed by atoms with Crippen molar-refractivity contribution in [3.63, 3.8) is 0 Å². The van der Waals surface area contributed by atoms with E-state index in [1.807, 2.05) is 0 Å². The van der Waals surface area contributed by atoms with Crippen LogP contribution in [0.2, 0.25) is 5.02 Å². The number of para-hydroxylation sites is 1. The van der Waals surface area contributed by atoms with Crippen molar-refractivity contribution in [1.29, 1.82) is 0 Å². The Bertz CT molecular complexity index is 543. The normalized spacial score (nSPS) is 12.4. The van der Waals surface area contributed by atoms with Gasteiger partial charge in [0.15, 0.2) is 0 Å². The Kier molecular flexibility index (Phi) is 3.22. The summed E-state index contributed by atoms with van der Waals surface area (Å²) in [6.07, 6.45) is -0.902. The molecule has 1 unspecified atom stereocenters. The molecular weight excluding hydrogens is 238 g/mol. The highest BCUT2D eigenvalue weighted by molar-refractivity contribution is 6.30. The van der Waals surface area contributed by atoms with Crippen LogP contribution in [0.4, 0.5) is 5.69 Å². The topological polar surface area (TPSA) is 66.5 Å². The van der Waals surface area contributed by atoms with Gasteiger partial charge in [0.1, 0.15) is 11.9 Å². The summed E-state index contributed by atoms with van der Waals surface area (Å²) in [6, 6.07) is 11.7. The second-order valence-electron chi connectivity index (χ2n) is 3.74. The number of hydrogen-bond donors (Lipinski definition) is 3. The Labute approximate surface area is 104 Å². The predicted molar refractivity (Wildman–Crippen MR) is 68.0 cm³/mol. The molecule has 3 nitrogen and oxygen atoms in total. The Morgan fingerprint density at radius 1 is 1.12 bits per heavy atom. The maximum Gasteiger partial charge on any atom is 0.138 e. The summed E-state index contributed by atoms with van der Waals surface area (Å²) < 4.78 is 0. The molecule has 0 spiro atoms. The molecule has 2 aromatic carbocycles. The minimum atomic E-state index is -0.902. The maximum absolute atomic E-state index is 10.2. The quantitative estimate of drug-likeness (QED) is 0.566. The standard InChI is InChI=1S/C13H12ClNO2/c14-9-4-1-3-8(7-9)13(17)10-5-2-6-11(16)12(10)15/h1-7,13,16-17H,15H2. The van der Waals surface area contributed by atoms with Crippen LogP contribution in [0.25, 0.3) is 0 Å². The first-order chi connectivity index (χ1) is 8.09. The zero-order chi connectivity index (χ0) is 12.4. The van der Waals surface area contributed by atoms with E-state index in [9.17, 15) is 10.2 Å². The van der Waals surface area contributed by atoms with Crippen LogP contribution in [0.3, 0.4) is 0 Å². The van der Waals surface area contributed by atoms with E-state index in [1.54, 1.807) is 36.4 Å². The molecule has 88 valence electrons. The number of benzene rings is 2. The van der Waals surface area contributed by atoms with E-state index < -0.39 is 6.10 Å². The first kappa shape index (κ1) is 11.8. The van der Waals surface area contributed by atoms with Crippen LogP contribution in [0.15, 0.2) is 42.5 Å². The summed E-state index contributed by atoms with van der Waals surface area (Å²) in [6.45, 7) is 0. The van der Waals surface area contributed by atoms with E-state index in [1.165, 1.54) is 6.07 Å². The van der Waals surface area contributed by atoms with Crippen molar-refractivity contribution in [2.24, 2.45) is 0 Å². The van der Waals surface area contributed by atoms with Gasteiger partial charge in [-0.15, -0.1) is 0 Å². The van der Waals surface area contributed by atoms with Gasteiger partial charge in [-0.25, -0.2) is 0 Å². The summed E-state index contributed by atoms with van der Waals surface area (Å²) >= 11 is 5.86. The number of aliphatic hydroxyl groups excluding tert-OH is 1. The zero-order valence-electron chi connectivity index (χ0n) is 8.97. The summed E-state index contributed by atoms with van der Waals surface area (Å²) in [5.74, 6) is -0.0384. The Hall–Kier alpha value is -1.71. The molecule has 0 fully saturated rings. The molecule has 2 aromatic rings. The minimum Gasteiger partial charge on any atom is -0.506 e. The van der Waals surface area contributed by atoms with Crippen molar-refractivity contribution in [3.05, 3.63) is 58.6 Å². The molecular formula is C13H12ClNO2. The maximum atomic E-state index is 10.2. The Balaban J connectivity index is 2.44. The number of anilines is 1.